The predicted molar refractivity (Wildman–Crippen MR) is 72.7 cm³/mol. The van der Waals surface area contributed by atoms with Crippen molar-refractivity contribution in [3.8, 4) is 0 Å². The molecule has 1 aromatic rings. The summed E-state index contributed by atoms with van der Waals surface area (Å²) in [7, 11) is 0. The van der Waals surface area contributed by atoms with E-state index in [-0.39, 0.29) is 11.8 Å². The van der Waals surface area contributed by atoms with Crippen molar-refractivity contribution in [3.05, 3.63) is 22.3 Å². The number of carbonyl (C=O) groups is 1. The molecule has 94 valence electrons. The van der Waals surface area contributed by atoms with Crippen LogP contribution in [0, 0.1) is 12.8 Å². The molecular formula is C12H18BrN3O. The zero-order valence-electron chi connectivity index (χ0n) is 10.3. The van der Waals surface area contributed by atoms with E-state index >= 15 is 0 Å². The minimum atomic E-state index is -0.496. The second kappa shape index (κ2) is 6.12. The number of nitrogens with one attached hydrogen (secondary N) is 1. The zero-order valence-corrected chi connectivity index (χ0v) is 11.9. The highest BCUT2D eigenvalue weighted by Gasteiger charge is 2.20. The Morgan fingerprint density at radius 1 is 1.65 bits per heavy atom. The molecule has 3 N–H and O–H groups in total. The highest BCUT2D eigenvalue weighted by atomic mass is 79.9. The van der Waals surface area contributed by atoms with E-state index in [1.54, 1.807) is 6.20 Å². The summed E-state index contributed by atoms with van der Waals surface area (Å²) in [6, 6.07) is 1.40. The van der Waals surface area contributed by atoms with Crippen LogP contribution >= 0.6 is 15.9 Å². The van der Waals surface area contributed by atoms with Gasteiger partial charge in [0.15, 0.2) is 0 Å². The summed E-state index contributed by atoms with van der Waals surface area (Å²) in [6.07, 6.45) is 2.53. The number of aryl methyl sites for hydroxylation is 1. The van der Waals surface area contributed by atoms with Crippen molar-refractivity contribution in [2.75, 3.05) is 5.32 Å². The Morgan fingerprint density at radius 2 is 2.29 bits per heavy atom. The first kappa shape index (κ1) is 14.1. The quantitative estimate of drug-likeness (QED) is 0.897. The molecule has 5 heteroatoms. The number of amides is 1. The van der Waals surface area contributed by atoms with Gasteiger partial charge in [0.05, 0.1) is 6.04 Å². The van der Waals surface area contributed by atoms with Crippen molar-refractivity contribution >= 4 is 27.7 Å². The van der Waals surface area contributed by atoms with E-state index in [1.807, 2.05) is 26.8 Å². The number of nitrogens with two attached hydrogens (primary N) is 1. The molecule has 1 aromatic heterocycles. The third-order valence-electron chi connectivity index (χ3n) is 2.85. The average Bonchev–Trinajstić information content (AvgIpc) is 2.30. The number of aromatic nitrogens is 1. The Labute approximate surface area is 110 Å². The molecule has 0 saturated heterocycles. The number of nitrogens with zero attached hydrogens (tertiary/aromatic N) is 1. The molecule has 0 aliphatic rings. The van der Waals surface area contributed by atoms with Crippen molar-refractivity contribution in [1.29, 1.82) is 0 Å². The minimum Gasteiger partial charge on any atom is -0.320 e. The van der Waals surface area contributed by atoms with Crippen molar-refractivity contribution in [1.82, 2.24) is 4.98 Å². The molecule has 1 heterocycles. The third kappa shape index (κ3) is 3.78. The van der Waals surface area contributed by atoms with Crippen molar-refractivity contribution in [2.45, 2.75) is 33.2 Å². The number of carbonyl (C=O) groups excluding carboxylic acids is 1. The molecule has 0 unspecified atom stereocenters. The molecule has 1 amide bonds. The van der Waals surface area contributed by atoms with Gasteiger partial charge in [-0.3, -0.25) is 4.79 Å². The van der Waals surface area contributed by atoms with Gasteiger partial charge in [-0.25, -0.2) is 4.98 Å². The largest absolute Gasteiger partial charge is 0.320 e. The summed E-state index contributed by atoms with van der Waals surface area (Å²) >= 11 is 3.33. The van der Waals surface area contributed by atoms with Crippen molar-refractivity contribution in [2.24, 2.45) is 11.7 Å². The maximum atomic E-state index is 11.9. The van der Waals surface area contributed by atoms with Gasteiger partial charge in [0.25, 0.3) is 0 Å². The van der Waals surface area contributed by atoms with E-state index in [9.17, 15) is 4.79 Å². The predicted octanol–water partition coefficient (Wildman–Crippen LogP) is 2.46. The van der Waals surface area contributed by atoms with Gasteiger partial charge < -0.3 is 11.1 Å². The molecule has 0 saturated carbocycles. The molecule has 0 fully saturated rings. The highest BCUT2D eigenvalue weighted by Crippen LogP contribution is 2.17. The Balaban J connectivity index is 2.74. The van der Waals surface area contributed by atoms with E-state index < -0.39 is 6.04 Å². The lowest BCUT2D eigenvalue weighted by Crippen LogP contribution is -2.40. The van der Waals surface area contributed by atoms with Gasteiger partial charge >= 0.3 is 0 Å². The monoisotopic (exact) mass is 299 g/mol. The molecule has 0 radical (unpaired) electrons. The lowest BCUT2D eigenvalue weighted by Gasteiger charge is -2.18. The van der Waals surface area contributed by atoms with Crippen LogP contribution in [0.5, 0.6) is 0 Å². The molecule has 0 aliphatic heterocycles. The minimum absolute atomic E-state index is 0.158. The SMILES string of the molecule is CC[C@H](C)[C@H](N)C(=O)Nc1ncc(Br)cc1C. The molecule has 0 aliphatic carbocycles. The standard InChI is InChI=1S/C12H18BrN3O/c1-4-7(2)10(14)12(17)16-11-8(3)5-9(13)6-15-11/h5-7,10H,4,14H2,1-3H3,(H,15,16,17)/t7-,10-/m0/s1. The lowest BCUT2D eigenvalue weighted by molar-refractivity contribution is -0.118. The van der Waals surface area contributed by atoms with Gasteiger partial charge in [0.2, 0.25) is 5.91 Å². The number of hydrogen-bond donors (Lipinski definition) is 2. The maximum absolute atomic E-state index is 11.9. The molecular weight excluding hydrogens is 282 g/mol. The van der Waals surface area contributed by atoms with Crippen LogP contribution in [0.1, 0.15) is 25.8 Å². The summed E-state index contributed by atoms with van der Waals surface area (Å²) in [5.74, 6) is 0.542. The first-order chi connectivity index (χ1) is 7.95. The lowest BCUT2D eigenvalue weighted by atomic mass is 9.99. The van der Waals surface area contributed by atoms with Crippen molar-refractivity contribution < 1.29 is 4.79 Å². The van der Waals surface area contributed by atoms with Gasteiger partial charge in [-0.1, -0.05) is 20.3 Å². The molecule has 0 bridgehead atoms. The fourth-order valence-electron chi connectivity index (χ4n) is 1.38. The summed E-state index contributed by atoms with van der Waals surface area (Å²) < 4.78 is 0.888. The summed E-state index contributed by atoms with van der Waals surface area (Å²) in [5, 5.41) is 2.76. The van der Waals surface area contributed by atoms with E-state index in [0.29, 0.717) is 5.82 Å². The number of anilines is 1. The fourth-order valence-corrected chi connectivity index (χ4v) is 1.83. The average molecular weight is 300 g/mol. The van der Waals surface area contributed by atoms with Gasteiger partial charge in [-0.05, 0) is 40.4 Å². The topological polar surface area (TPSA) is 68.0 Å². The van der Waals surface area contributed by atoms with Gasteiger partial charge in [0.1, 0.15) is 5.82 Å². The van der Waals surface area contributed by atoms with E-state index in [1.165, 1.54) is 0 Å². The smallest absolute Gasteiger partial charge is 0.242 e. The van der Waals surface area contributed by atoms with Crippen molar-refractivity contribution in [3.63, 3.8) is 0 Å². The normalized spacial score (nSPS) is 14.2. The van der Waals surface area contributed by atoms with Crippen LogP contribution in [0.15, 0.2) is 16.7 Å². The second-order valence-corrected chi connectivity index (χ2v) is 5.14. The maximum Gasteiger partial charge on any atom is 0.242 e. The van der Waals surface area contributed by atoms with E-state index in [4.69, 9.17) is 5.73 Å². The van der Waals surface area contributed by atoms with Crippen LogP contribution in [-0.4, -0.2) is 16.9 Å². The molecule has 17 heavy (non-hydrogen) atoms. The fraction of sp³-hybridized carbons (Fsp3) is 0.500. The molecule has 2 atom stereocenters. The number of pyridine rings is 1. The number of rotatable bonds is 4. The molecule has 4 nitrogen and oxygen atoms in total. The van der Waals surface area contributed by atoms with Crippen LogP contribution in [0.3, 0.4) is 0 Å². The second-order valence-electron chi connectivity index (χ2n) is 4.22. The summed E-state index contributed by atoms with van der Waals surface area (Å²) in [5.41, 5.74) is 6.76. The molecule has 1 rings (SSSR count). The zero-order chi connectivity index (χ0) is 13.0. The Morgan fingerprint density at radius 3 is 2.82 bits per heavy atom. The Kier molecular flexibility index (Phi) is 5.08. The summed E-state index contributed by atoms with van der Waals surface area (Å²) in [6.45, 7) is 5.87. The number of halogens is 1. The highest BCUT2D eigenvalue weighted by molar-refractivity contribution is 9.10. The third-order valence-corrected chi connectivity index (χ3v) is 3.28. The van der Waals surface area contributed by atoms with E-state index in [0.717, 1.165) is 16.5 Å². The van der Waals surface area contributed by atoms with Gasteiger partial charge in [-0.15, -0.1) is 0 Å². The van der Waals surface area contributed by atoms with E-state index in [2.05, 4.69) is 26.2 Å². The van der Waals surface area contributed by atoms with Crippen LogP contribution in [0.2, 0.25) is 0 Å². The van der Waals surface area contributed by atoms with Crippen LogP contribution in [-0.2, 0) is 4.79 Å². The van der Waals surface area contributed by atoms with Crippen LogP contribution in [0.25, 0.3) is 0 Å². The Bertz CT molecular complexity index is 409. The van der Waals surface area contributed by atoms with Crippen LogP contribution in [0.4, 0.5) is 5.82 Å². The molecule has 0 spiro atoms. The molecule has 0 aromatic carbocycles. The van der Waals surface area contributed by atoms with Gasteiger partial charge in [0, 0.05) is 10.7 Å². The first-order valence-corrected chi connectivity index (χ1v) is 6.43. The van der Waals surface area contributed by atoms with Gasteiger partial charge in [-0.2, -0.15) is 0 Å². The Hall–Kier alpha value is -0.940. The first-order valence-electron chi connectivity index (χ1n) is 5.64. The van der Waals surface area contributed by atoms with Crippen LogP contribution < -0.4 is 11.1 Å². The summed E-state index contributed by atoms with van der Waals surface area (Å²) in [4.78, 5) is 16.0. The number of hydrogen-bond acceptors (Lipinski definition) is 3.